The van der Waals surface area contributed by atoms with Gasteiger partial charge >= 0.3 is 5.97 Å². The first-order valence-electron chi connectivity index (χ1n) is 3.53. The quantitative estimate of drug-likeness (QED) is 0.637. The molecule has 0 saturated carbocycles. The summed E-state index contributed by atoms with van der Waals surface area (Å²) in [6, 6.07) is 1.82. The van der Waals surface area contributed by atoms with Gasteiger partial charge in [0, 0.05) is 0 Å². The molecule has 0 aromatic carbocycles. The molecular formula is C7H6N4O3. The molecule has 7 nitrogen and oxygen atoms in total. The summed E-state index contributed by atoms with van der Waals surface area (Å²) in [7, 11) is 0. The van der Waals surface area contributed by atoms with E-state index >= 15 is 0 Å². The van der Waals surface area contributed by atoms with Gasteiger partial charge in [-0.2, -0.15) is 5.26 Å². The van der Waals surface area contributed by atoms with Crippen molar-refractivity contribution in [3.8, 4) is 6.07 Å². The van der Waals surface area contributed by atoms with Gasteiger partial charge in [0.25, 0.3) is 0 Å². The van der Waals surface area contributed by atoms with E-state index in [0.29, 0.717) is 0 Å². The van der Waals surface area contributed by atoms with Crippen LogP contribution in [0.2, 0.25) is 0 Å². The molecule has 0 spiro atoms. The van der Waals surface area contributed by atoms with Crippen LogP contribution in [0, 0.1) is 11.3 Å². The minimum atomic E-state index is -1.12. The Morgan fingerprint density at radius 2 is 2.57 bits per heavy atom. The van der Waals surface area contributed by atoms with Crippen molar-refractivity contribution in [1.82, 2.24) is 9.97 Å². The van der Waals surface area contributed by atoms with Crippen LogP contribution in [-0.2, 0) is 9.63 Å². The number of aromatic nitrogens is 2. The predicted molar refractivity (Wildman–Crippen MR) is 44.0 cm³/mol. The number of anilines is 1. The Kier molecular flexibility index (Phi) is 3.34. The molecule has 72 valence electrons. The van der Waals surface area contributed by atoms with Crippen LogP contribution < -0.4 is 5.48 Å². The first-order valence-corrected chi connectivity index (χ1v) is 3.53. The first kappa shape index (κ1) is 9.88. The van der Waals surface area contributed by atoms with Crippen LogP contribution in [0.1, 0.15) is 5.56 Å². The van der Waals surface area contributed by atoms with E-state index in [1.165, 1.54) is 12.5 Å². The summed E-state index contributed by atoms with van der Waals surface area (Å²) in [6.07, 6.45) is 2.51. The van der Waals surface area contributed by atoms with Crippen molar-refractivity contribution in [2.75, 3.05) is 12.1 Å². The molecule has 0 aliphatic carbocycles. The number of carboxylic acids is 1. The highest BCUT2D eigenvalue weighted by molar-refractivity contribution is 5.68. The maximum atomic E-state index is 10.1. The molecule has 0 aliphatic rings. The Balaban J connectivity index is 2.59. The topological polar surface area (TPSA) is 108 Å². The molecule has 0 amide bonds. The van der Waals surface area contributed by atoms with Crippen molar-refractivity contribution in [3.63, 3.8) is 0 Å². The number of hydrogen-bond donors (Lipinski definition) is 2. The number of nitrogens with one attached hydrogen (secondary N) is 1. The molecule has 1 heterocycles. The van der Waals surface area contributed by atoms with Gasteiger partial charge in [0.1, 0.15) is 18.0 Å². The molecule has 1 rings (SSSR count). The normalized spacial score (nSPS) is 9.07. The van der Waals surface area contributed by atoms with Crippen LogP contribution in [0.15, 0.2) is 12.5 Å². The molecule has 2 N–H and O–H groups in total. The molecule has 0 fully saturated rings. The minimum Gasteiger partial charge on any atom is -0.479 e. The SMILES string of the molecule is N#Cc1cncnc1NOCC(=O)O. The number of aliphatic carboxylic acids is 1. The molecule has 1 aromatic heterocycles. The Morgan fingerprint density at radius 3 is 3.21 bits per heavy atom. The van der Waals surface area contributed by atoms with E-state index in [1.807, 2.05) is 6.07 Å². The molecule has 0 saturated heterocycles. The Bertz CT molecular complexity index is 373. The number of nitriles is 1. The summed E-state index contributed by atoms with van der Waals surface area (Å²) < 4.78 is 0. The van der Waals surface area contributed by atoms with Crippen molar-refractivity contribution in [2.24, 2.45) is 0 Å². The summed E-state index contributed by atoms with van der Waals surface area (Å²) >= 11 is 0. The second-order valence-electron chi connectivity index (χ2n) is 2.18. The van der Waals surface area contributed by atoms with Crippen molar-refractivity contribution in [3.05, 3.63) is 18.1 Å². The minimum absolute atomic E-state index is 0.142. The van der Waals surface area contributed by atoms with Gasteiger partial charge in [-0.1, -0.05) is 0 Å². The van der Waals surface area contributed by atoms with Gasteiger partial charge < -0.3 is 5.11 Å². The van der Waals surface area contributed by atoms with Crippen LogP contribution in [0.25, 0.3) is 0 Å². The van der Waals surface area contributed by atoms with Gasteiger partial charge in [0.2, 0.25) is 0 Å². The highest BCUT2D eigenvalue weighted by Gasteiger charge is 2.03. The second-order valence-corrected chi connectivity index (χ2v) is 2.18. The third-order valence-corrected chi connectivity index (χ3v) is 1.20. The lowest BCUT2D eigenvalue weighted by atomic mass is 10.3. The van der Waals surface area contributed by atoms with Gasteiger partial charge in [-0.05, 0) is 0 Å². The zero-order chi connectivity index (χ0) is 10.4. The second kappa shape index (κ2) is 4.74. The molecule has 0 radical (unpaired) electrons. The standard InChI is InChI=1S/C7H6N4O3/c8-1-5-2-9-4-10-7(5)11-14-3-6(12)13/h2,4H,3H2,(H,12,13)(H,9,10,11). The molecule has 0 aliphatic heterocycles. The van der Waals surface area contributed by atoms with E-state index in [1.54, 1.807) is 0 Å². The van der Waals surface area contributed by atoms with Crippen molar-refractivity contribution >= 4 is 11.8 Å². The molecule has 1 aromatic rings. The largest absolute Gasteiger partial charge is 0.479 e. The fraction of sp³-hybridized carbons (Fsp3) is 0.143. The van der Waals surface area contributed by atoms with E-state index in [2.05, 4.69) is 20.3 Å². The smallest absolute Gasteiger partial charge is 0.332 e. The van der Waals surface area contributed by atoms with Crippen LogP contribution >= 0.6 is 0 Å². The van der Waals surface area contributed by atoms with Gasteiger partial charge in [-0.3, -0.25) is 4.84 Å². The Labute approximate surface area is 78.9 Å². The molecule has 0 bridgehead atoms. The highest BCUT2D eigenvalue weighted by Crippen LogP contribution is 2.07. The lowest BCUT2D eigenvalue weighted by Crippen LogP contribution is -2.12. The number of carbonyl (C=O) groups is 1. The summed E-state index contributed by atoms with van der Waals surface area (Å²) in [5.74, 6) is -0.978. The lowest BCUT2D eigenvalue weighted by molar-refractivity contribution is -0.141. The van der Waals surface area contributed by atoms with Gasteiger partial charge in [0.15, 0.2) is 12.4 Å². The Morgan fingerprint density at radius 1 is 1.79 bits per heavy atom. The van der Waals surface area contributed by atoms with Crippen LogP contribution in [0.3, 0.4) is 0 Å². The van der Waals surface area contributed by atoms with E-state index in [4.69, 9.17) is 10.4 Å². The maximum absolute atomic E-state index is 10.1. The van der Waals surface area contributed by atoms with E-state index in [0.717, 1.165) is 0 Å². The van der Waals surface area contributed by atoms with Gasteiger partial charge in [0.05, 0.1) is 6.20 Å². The van der Waals surface area contributed by atoms with Crippen molar-refractivity contribution in [2.45, 2.75) is 0 Å². The van der Waals surface area contributed by atoms with Crippen molar-refractivity contribution in [1.29, 1.82) is 5.26 Å². The first-order chi connectivity index (χ1) is 6.74. The van der Waals surface area contributed by atoms with E-state index < -0.39 is 12.6 Å². The predicted octanol–water partition coefficient (Wildman–Crippen LogP) is -0.224. The zero-order valence-electron chi connectivity index (χ0n) is 6.97. The molecular weight excluding hydrogens is 188 g/mol. The monoisotopic (exact) mass is 194 g/mol. The summed E-state index contributed by atoms with van der Waals surface area (Å²) in [5.41, 5.74) is 2.42. The summed E-state index contributed by atoms with van der Waals surface area (Å²) in [6.45, 7) is -0.519. The van der Waals surface area contributed by atoms with Crippen LogP contribution in [-0.4, -0.2) is 27.7 Å². The molecule has 0 atom stereocenters. The van der Waals surface area contributed by atoms with E-state index in [-0.39, 0.29) is 11.4 Å². The van der Waals surface area contributed by atoms with Crippen molar-refractivity contribution < 1.29 is 14.7 Å². The highest BCUT2D eigenvalue weighted by atomic mass is 16.7. The third-order valence-electron chi connectivity index (χ3n) is 1.20. The van der Waals surface area contributed by atoms with Gasteiger partial charge in [-0.25, -0.2) is 20.2 Å². The van der Waals surface area contributed by atoms with Crippen LogP contribution in [0.4, 0.5) is 5.82 Å². The Hall–Kier alpha value is -2.20. The average Bonchev–Trinajstić information content (AvgIpc) is 2.18. The number of hydrogen-bond acceptors (Lipinski definition) is 6. The molecule has 0 unspecified atom stereocenters. The fourth-order valence-electron chi connectivity index (χ4n) is 0.659. The molecule has 14 heavy (non-hydrogen) atoms. The zero-order valence-corrected chi connectivity index (χ0v) is 6.97. The number of rotatable bonds is 4. The number of nitrogens with zero attached hydrogens (tertiary/aromatic N) is 3. The van der Waals surface area contributed by atoms with Gasteiger partial charge in [-0.15, -0.1) is 0 Å². The summed E-state index contributed by atoms with van der Waals surface area (Å²) in [5, 5.41) is 16.8. The van der Waals surface area contributed by atoms with Crippen LogP contribution in [0.5, 0.6) is 0 Å². The fourth-order valence-corrected chi connectivity index (χ4v) is 0.659. The number of carboxylic acid groups (broad SMARTS) is 1. The lowest BCUT2D eigenvalue weighted by Gasteiger charge is -2.03. The average molecular weight is 194 g/mol. The summed E-state index contributed by atoms with van der Waals surface area (Å²) in [4.78, 5) is 21.9. The third kappa shape index (κ3) is 2.69. The van der Waals surface area contributed by atoms with E-state index in [9.17, 15) is 4.79 Å². The maximum Gasteiger partial charge on any atom is 0.332 e. The molecule has 7 heteroatoms.